The van der Waals surface area contributed by atoms with E-state index in [0.29, 0.717) is 12.7 Å². The summed E-state index contributed by atoms with van der Waals surface area (Å²) in [5, 5.41) is 0.796. The van der Waals surface area contributed by atoms with Crippen molar-refractivity contribution in [2.24, 2.45) is 0 Å². The average molecular weight is 306 g/mol. The van der Waals surface area contributed by atoms with Crippen molar-refractivity contribution in [2.75, 3.05) is 13.1 Å². The van der Waals surface area contributed by atoms with E-state index in [-0.39, 0.29) is 0 Å². The molecule has 3 rings (SSSR count). The van der Waals surface area contributed by atoms with Gasteiger partial charge in [0.05, 0.1) is 24.7 Å². The molecule has 1 aromatic heterocycles. The van der Waals surface area contributed by atoms with E-state index in [0.717, 1.165) is 43.2 Å². The van der Waals surface area contributed by atoms with E-state index in [1.165, 1.54) is 5.56 Å². The van der Waals surface area contributed by atoms with Crippen molar-refractivity contribution in [3.8, 4) is 0 Å². The van der Waals surface area contributed by atoms with Crippen molar-refractivity contribution < 1.29 is 4.74 Å². The van der Waals surface area contributed by atoms with Gasteiger partial charge in [-0.25, -0.2) is 4.98 Å². The van der Waals surface area contributed by atoms with Crippen LogP contribution in [0, 0.1) is 0 Å². The van der Waals surface area contributed by atoms with E-state index in [1.807, 2.05) is 18.3 Å². The Hall–Kier alpha value is -1.36. The molecule has 0 atom stereocenters. The lowest BCUT2D eigenvalue weighted by molar-refractivity contribution is -0.00510. The SMILES string of the molecule is Clc1ccc(CN2CCC(OCc3c[nH]cn3)CC2)cc1. The summed E-state index contributed by atoms with van der Waals surface area (Å²) in [6.07, 6.45) is 6.09. The molecule has 21 heavy (non-hydrogen) atoms. The van der Waals surface area contributed by atoms with Gasteiger partial charge >= 0.3 is 0 Å². The maximum atomic E-state index is 5.91. The molecule has 0 spiro atoms. The summed E-state index contributed by atoms with van der Waals surface area (Å²) in [5.41, 5.74) is 2.29. The van der Waals surface area contributed by atoms with E-state index in [9.17, 15) is 0 Å². The Morgan fingerprint density at radius 1 is 1.24 bits per heavy atom. The molecule has 0 amide bonds. The van der Waals surface area contributed by atoms with Gasteiger partial charge in [0, 0.05) is 30.9 Å². The molecule has 1 aromatic carbocycles. The van der Waals surface area contributed by atoms with Gasteiger partial charge in [0.15, 0.2) is 0 Å². The normalized spacial score (nSPS) is 17.2. The molecule has 1 saturated heterocycles. The fourth-order valence-electron chi connectivity index (χ4n) is 2.66. The van der Waals surface area contributed by atoms with Crippen LogP contribution in [0.25, 0.3) is 0 Å². The van der Waals surface area contributed by atoms with Gasteiger partial charge in [-0.2, -0.15) is 0 Å². The first-order valence-electron chi connectivity index (χ1n) is 7.35. The fraction of sp³-hybridized carbons (Fsp3) is 0.438. The van der Waals surface area contributed by atoms with Crippen LogP contribution in [0.1, 0.15) is 24.1 Å². The van der Waals surface area contributed by atoms with Gasteiger partial charge in [0.25, 0.3) is 0 Å². The molecule has 112 valence electrons. The van der Waals surface area contributed by atoms with Gasteiger partial charge in [-0.15, -0.1) is 0 Å². The number of piperidine rings is 1. The van der Waals surface area contributed by atoms with Crippen molar-refractivity contribution in [3.05, 3.63) is 53.1 Å². The molecule has 1 N–H and O–H groups in total. The predicted octanol–water partition coefficient (Wildman–Crippen LogP) is 3.24. The minimum Gasteiger partial charge on any atom is -0.372 e. The highest BCUT2D eigenvalue weighted by Gasteiger charge is 2.19. The summed E-state index contributed by atoms with van der Waals surface area (Å²) in [4.78, 5) is 9.59. The van der Waals surface area contributed by atoms with Gasteiger partial charge in [-0.3, -0.25) is 4.90 Å². The number of nitrogens with zero attached hydrogens (tertiary/aromatic N) is 2. The molecule has 0 unspecified atom stereocenters. The van der Waals surface area contributed by atoms with Gasteiger partial charge in [0.1, 0.15) is 0 Å². The minimum atomic E-state index is 0.350. The van der Waals surface area contributed by atoms with Gasteiger partial charge in [-0.05, 0) is 30.5 Å². The second kappa shape index (κ2) is 7.07. The highest BCUT2D eigenvalue weighted by atomic mass is 35.5. The zero-order valence-electron chi connectivity index (χ0n) is 12.0. The third kappa shape index (κ3) is 4.30. The lowest BCUT2D eigenvalue weighted by Gasteiger charge is -2.31. The third-order valence-corrected chi connectivity index (χ3v) is 4.13. The number of rotatable bonds is 5. The third-order valence-electron chi connectivity index (χ3n) is 3.88. The number of halogens is 1. The van der Waals surface area contributed by atoms with Gasteiger partial charge in [0.2, 0.25) is 0 Å². The first-order valence-corrected chi connectivity index (χ1v) is 7.73. The highest BCUT2D eigenvalue weighted by Crippen LogP contribution is 2.18. The number of hydrogen-bond donors (Lipinski definition) is 1. The standard InChI is InChI=1S/C16H20ClN3O/c17-14-3-1-13(2-4-14)10-20-7-5-16(6-8-20)21-11-15-9-18-12-19-15/h1-4,9,12,16H,5-8,10-11H2,(H,18,19). The Labute approximate surface area is 130 Å². The molecule has 2 aromatic rings. The van der Waals surface area contributed by atoms with E-state index >= 15 is 0 Å². The second-order valence-electron chi connectivity index (χ2n) is 5.47. The lowest BCUT2D eigenvalue weighted by atomic mass is 10.1. The average Bonchev–Trinajstić information content (AvgIpc) is 3.02. The molecular formula is C16H20ClN3O. The summed E-state index contributed by atoms with van der Waals surface area (Å²) in [6, 6.07) is 8.11. The Morgan fingerprint density at radius 2 is 2.00 bits per heavy atom. The van der Waals surface area contributed by atoms with Crippen LogP contribution in [0.15, 0.2) is 36.8 Å². The van der Waals surface area contributed by atoms with Gasteiger partial charge in [-0.1, -0.05) is 23.7 Å². The van der Waals surface area contributed by atoms with Crippen molar-refractivity contribution >= 4 is 11.6 Å². The van der Waals surface area contributed by atoms with E-state index < -0.39 is 0 Å². The topological polar surface area (TPSA) is 41.1 Å². The van der Waals surface area contributed by atoms with Crippen molar-refractivity contribution in [1.29, 1.82) is 0 Å². The molecule has 1 aliphatic rings. The summed E-state index contributed by atoms with van der Waals surface area (Å²) in [7, 11) is 0. The monoisotopic (exact) mass is 305 g/mol. The van der Waals surface area contributed by atoms with Crippen molar-refractivity contribution in [2.45, 2.75) is 32.1 Å². The van der Waals surface area contributed by atoms with Crippen LogP contribution in [0.3, 0.4) is 0 Å². The highest BCUT2D eigenvalue weighted by molar-refractivity contribution is 6.30. The fourth-order valence-corrected chi connectivity index (χ4v) is 2.78. The summed E-state index contributed by atoms with van der Waals surface area (Å²) in [5.74, 6) is 0. The van der Waals surface area contributed by atoms with E-state index in [4.69, 9.17) is 16.3 Å². The van der Waals surface area contributed by atoms with Crippen LogP contribution in [0.5, 0.6) is 0 Å². The van der Waals surface area contributed by atoms with Crippen molar-refractivity contribution in [1.82, 2.24) is 14.9 Å². The molecule has 1 aliphatic heterocycles. The first kappa shape index (κ1) is 14.6. The Kier molecular flexibility index (Phi) is 4.91. The van der Waals surface area contributed by atoms with Crippen molar-refractivity contribution in [3.63, 3.8) is 0 Å². The summed E-state index contributed by atoms with van der Waals surface area (Å²) >= 11 is 5.91. The molecule has 0 bridgehead atoms. The molecule has 4 nitrogen and oxygen atoms in total. The van der Waals surface area contributed by atoms with E-state index in [2.05, 4.69) is 27.0 Å². The first-order chi connectivity index (χ1) is 10.3. The molecule has 1 fully saturated rings. The zero-order chi connectivity index (χ0) is 14.5. The van der Waals surface area contributed by atoms with Crippen LogP contribution >= 0.6 is 11.6 Å². The lowest BCUT2D eigenvalue weighted by Crippen LogP contribution is -2.36. The Balaban J connectivity index is 1.41. The number of benzene rings is 1. The smallest absolute Gasteiger partial charge is 0.0924 e. The minimum absolute atomic E-state index is 0.350. The summed E-state index contributed by atoms with van der Waals surface area (Å²) in [6.45, 7) is 3.75. The molecule has 5 heteroatoms. The number of nitrogens with one attached hydrogen (secondary N) is 1. The molecular weight excluding hydrogens is 286 g/mol. The maximum Gasteiger partial charge on any atom is 0.0924 e. The Bertz CT molecular complexity index is 533. The number of H-pyrrole nitrogens is 1. The molecule has 2 heterocycles. The number of ether oxygens (including phenoxy) is 1. The summed E-state index contributed by atoms with van der Waals surface area (Å²) < 4.78 is 5.91. The van der Waals surface area contributed by atoms with Crippen LogP contribution < -0.4 is 0 Å². The number of imidazole rings is 1. The van der Waals surface area contributed by atoms with Crippen LogP contribution in [-0.4, -0.2) is 34.1 Å². The molecule has 0 aliphatic carbocycles. The van der Waals surface area contributed by atoms with Crippen LogP contribution in [0.4, 0.5) is 0 Å². The zero-order valence-corrected chi connectivity index (χ0v) is 12.7. The maximum absolute atomic E-state index is 5.91. The number of aromatic nitrogens is 2. The number of likely N-dealkylation sites (tertiary alicyclic amines) is 1. The molecule has 0 radical (unpaired) electrons. The van der Waals surface area contributed by atoms with Crippen LogP contribution in [-0.2, 0) is 17.9 Å². The number of hydrogen-bond acceptors (Lipinski definition) is 3. The quantitative estimate of drug-likeness (QED) is 0.922. The predicted molar refractivity (Wildman–Crippen MR) is 83.1 cm³/mol. The second-order valence-corrected chi connectivity index (χ2v) is 5.91. The van der Waals surface area contributed by atoms with Crippen LogP contribution in [0.2, 0.25) is 5.02 Å². The number of aromatic amines is 1. The molecule has 0 saturated carbocycles. The largest absolute Gasteiger partial charge is 0.372 e. The van der Waals surface area contributed by atoms with E-state index in [1.54, 1.807) is 6.33 Å². The van der Waals surface area contributed by atoms with Gasteiger partial charge < -0.3 is 9.72 Å². The Morgan fingerprint density at radius 3 is 2.67 bits per heavy atom.